The third kappa shape index (κ3) is 5.77. The van der Waals surface area contributed by atoms with E-state index in [1.807, 2.05) is 0 Å². The number of aromatic nitrogens is 2. The van der Waals surface area contributed by atoms with Gasteiger partial charge in [-0.05, 0) is 30.3 Å². The van der Waals surface area contributed by atoms with Crippen molar-refractivity contribution in [3.63, 3.8) is 0 Å². The van der Waals surface area contributed by atoms with E-state index in [-0.39, 0.29) is 33.7 Å². The summed E-state index contributed by atoms with van der Waals surface area (Å²) >= 11 is 5.65. The number of benzene rings is 2. The SMILES string of the molecule is COc1cc2c(Nc3ccc(Cl)c(C(F)(F)F)c3)ncnc2cc1C(O)[C@@H](F)[C@H](O)[C@@H](O)[C@H](O)CO. The lowest BCUT2D eigenvalue weighted by Gasteiger charge is -2.27. The first-order valence-corrected chi connectivity index (χ1v) is 10.7. The third-order valence-electron chi connectivity index (χ3n) is 5.40. The average Bonchev–Trinajstić information content (AvgIpc) is 2.86. The Labute approximate surface area is 206 Å². The molecule has 2 aromatic carbocycles. The third-order valence-corrected chi connectivity index (χ3v) is 5.73. The van der Waals surface area contributed by atoms with Gasteiger partial charge in [0.1, 0.15) is 42.3 Å². The van der Waals surface area contributed by atoms with Crippen LogP contribution in [-0.2, 0) is 6.18 Å². The molecular formula is C22H22ClF4N3O6. The number of nitrogens with one attached hydrogen (secondary N) is 1. The quantitative estimate of drug-likeness (QED) is 0.227. The smallest absolute Gasteiger partial charge is 0.417 e. The average molecular weight is 536 g/mol. The largest absolute Gasteiger partial charge is 0.496 e. The van der Waals surface area contributed by atoms with Crippen molar-refractivity contribution in [2.75, 3.05) is 19.0 Å². The number of fused-ring (bicyclic) bond motifs is 1. The number of rotatable bonds is 9. The van der Waals surface area contributed by atoms with Crippen molar-refractivity contribution in [1.82, 2.24) is 9.97 Å². The number of anilines is 2. The van der Waals surface area contributed by atoms with Crippen LogP contribution in [-0.4, -0.2) is 73.7 Å². The molecule has 5 atom stereocenters. The fourth-order valence-corrected chi connectivity index (χ4v) is 3.67. The topological polar surface area (TPSA) is 148 Å². The molecule has 0 aliphatic carbocycles. The van der Waals surface area contributed by atoms with Crippen molar-refractivity contribution in [3.05, 3.63) is 52.8 Å². The summed E-state index contributed by atoms with van der Waals surface area (Å²) in [5.41, 5.74) is -1.10. The second-order valence-corrected chi connectivity index (χ2v) is 8.18. The number of methoxy groups -OCH3 is 1. The standard InChI is InChI=1S/C22H22ClF4N3O6/c1-36-16-6-10-14(5-11(16)18(33)17(24)20(35)19(34)15(32)7-31)28-8-29-21(10)30-9-2-3-13(23)12(4-9)22(25,26)27/h2-6,8,15,17-20,31-35H,7H2,1H3,(H,28,29,30)/t15-,17-,18?,19+,20+/m1/s1. The fourth-order valence-electron chi connectivity index (χ4n) is 3.45. The zero-order valence-corrected chi connectivity index (χ0v) is 19.2. The zero-order valence-electron chi connectivity index (χ0n) is 18.5. The molecule has 1 heterocycles. The van der Waals surface area contributed by atoms with Gasteiger partial charge in [-0.1, -0.05) is 11.6 Å². The number of hydrogen-bond acceptors (Lipinski definition) is 9. The van der Waals surface area contributed by atoms with Gasteiger partial charge in [0.25, 0.3) is 0 Å². The first kappa shape index (κ1) is 27.8. The van der Waals surface area contributed by atoms with E-state index >= 15 is 0 Å². The van der Waals surface area contributed by atoms with E-state index in [0.29, 0.717) is 0 Å². The maximum atomic E-state index is 14.8. The van der Waals surface area contributed by atoms with Gasteiger partial charge < -0.3 is 35.6 Å². The first-order chi connectivity index (χ1) is 16.9. The zero-order chi connectivity index (χ0) is 26.8. The molecule has 6 N–H and O–H groups in total. The van der Waals surface area contributed by atoms with Crippen molar-refractivity contribution in [2.45, 2.75) is 36.8 Å². The highest BCUT2D eigenvalue weighted by atomic mass is 35.5. The summed E-state index contributed by atoms with van der Waals surface area (Å²) in [5.74, 6) is -0.0277. The molecule has 0 bridgehead atoms. The second kappa shape index (κ2) is 11.1. The summed E-state index contributed by atoms with van der Waals surface area (Å²) in [6.45, 7) is -0.953. The highest BCUT2D eigenvalue weighted by Crippen LogP contribution is 2.38. The van der Waals surface area contributed by atoms with Crippen LogP contribution < -0.4 is 10.1 Å². The summed E-state index contributed by atoms with van der Waals surface area (Å²) in [7, 11) is 1.21. The predicted molar refractivity (Wildman–Crippen MR) is 121 cm³/mol. The predicted octanol–water partition coefficient (Wildman–Crippen LogP) is 2.50. The Kier molecular flexibility index (Phi) is 8.54. The van der Waals surface area contributed by atoms with Crippen molar-refractivity contribution in [2.24, 2.45) is 0 Å². The lowest BCUT2D eigenvalue weighted by molar-refractivity contribution is -0.137. The van der Waals surface area contributed by atoms with Crippen LogP contribution in [0.4, 0.5) is 29.1 Å². The number of alkyl halides is 4. The van der Waals surface area contributed by atoms with Gasteiger partial charge in [-0.2, -0.15) is 13.2 Å². The van der Waals surface area contributed by atoms with E-state index in [9.17, 15) is 38.0 Å². The Morgan fingerprint density at radius 1 is 1.06 bits per heavy atom. The minimum atomic E-state index is -4.69. The molecule has 0 amide bonds. The van der Waals surface area contributed by atoms with E-state index < -0.39 is 54.0 Å². The van der Waals surface area contributed by atoms with Crippen LogP contribution in [0.15, 0.2) is 36.7 Å². The molecule has 0 fully saturated rings. The number of nitrogens with zero attached hydrogens (tertiary/aromatic N) is 2. The minimum Gasteiger partial charge on any atom is -0.496 e. The van der Waals surface area contributed by atoms with Crippen LogP contribution in [0, 0.1) is 0 Å². The Bertz CT molecular complexity index is 1220. The maximum Gasteiger partial charge on any atom is 0.417 e. The summed E-state index contributed by atoms with van der Waals surface area (Å²) in [6.07, 6.45) is -14.4. The Balaban J connectivity index is 1.99. The molecule has 0 aliphatic heterocycles. The molecule has 0 aliphatic rings. The molecule has 0 saturated heterocycles. The van der Waals surface area contributed by atoms with Crippen LogP contribution in [0.2, 0.25) is 5.02 Å². The number of ether oxygens (including phenoxy) is 1. The van der Waals surface area contributed by atoms with Crippen molar-refractivity contribution in [1.29, 1.82) is 0 Å². The van der Waals surface area contributed by atoms with E-state index in [1.165, 1.54) is 25.3 Å². The van der Waals surface area contributed by atoms with Crippen molar-refractivity contribution >= 4 is 34.0 Å². The van der Waals surface area contributed by atoms with Crippen molar-refractivity contribution in [3.8, 4) is 5.75 Å². The monoisotopic (exact) mass is 535 g/mol. The van der Waals surface area contributed by atoms with Crippen LogP contribution >= 0.6 is 11.6 Å². The highest BCUT2D eigenvalue weighted by molar-refractivity contribution is 6.31. The van der Waals surface area contributed by atoms with E-state index in [2.05, 4.69) is 15.3 Å². The number of hydrogen-bond donors (Lipinski definition) is 6. The van der Waals surface area contributed by atoms with Crippen LogP contribution in [0.5, 0.6) is 5.75 Å². The van der Waals surface area contributed by atoms with E-state index in [1.54, 1.807) is 0 Å². The van der Waals surface area contributed by atoms with E-state index in [0.717, 1.165) is 18.5 Å². The lowest BCUT2D eigenvalue weighted by atomic mass is 9.95. The molecule has 0 radical (unpaired) electrons. The molecule has 0 spiro atoms. The molecule has 14 heteroatoms. The molecule has 3 aromatic rings. The molecule has 1 unspecified atom stereocenters. The van der Waals surface area contributed by atoms with Gasteiger partial charge in [0.2, 0.25) is 0 Å². The van der Waals surface area contributed by atoms with Crippen LogP contribution in [0.3, 0.4) is 0 Å². The Morgan fingerprint density at radius 2 is 1.75 bits per heavy atom. The molecule has 36 heavy (non-hydrogen) atoms. The molecule has 0 saturated carbocycles. The van der Waals surface area contributed by atoms with Gasteiger partial charge in [-0.25, -0.2) is 14.4 Å². The molecule has 3 rings (SSSR count). The van der Waals surface area contributed by atoms with Gasteiger partial charge in [0, 0.05) is 16.6 Å². The summed E-state index contributed by atoms with van der Waals surface area (Å²) < 4.78 is 59.6. The van der Waals surface area contributed by atoms with Gasteiger partial charge in [0.15, 0.2) is 6.17 Å². The molecule has 1 aromatic heterocycles. The molecule has 9 nitrogen and oxygen atoms in total. The van der Waals surface area contributed by atoms with Crippen molar-refractivity contribution < 1.29 is 47.8 Å². The highest BCUT2D eigenvalue weighted by Gasteiger charge is 2.37. The number of aliphatic hydroxyl groups excluding tert-OH is 5. The van der Waals surface area contributed by atoms with E-state index in [4.69, 9.17) is 21.4 Å². The second-order valence-electron chi connectivity index (χ2n) is 7.77. The number of aliphatic hydroxyl groups is 5. The summed E-state index contributed by atoms with van der Waals surface area (Å²) in [5, 5.41) is 51.1. The number of halogens is 5. The molecular weight excluding hydrogens is 514 g/mol. The van der Waals surface area contributed by atoms with Gasteiger partial charge in [-0.3, -0.25) is 0 Å². The summed E-state index contributed by atoms with van der Waals surface area (Å²) in [4.78, 5) is 8.06. The Hall–Kier alpha value is -2.81. The van der Waals surface area contributed by atoms with Gasteiger partial charge in [-0.15, -0.1) is 0 Å². The maximum absolute atomic E-state index is 14.8. The first-order valence-electron chi connectivity index (χ1n) is 10.3. The van der Waals surface area contributed by atoms with Gasteiger partial charge in [0.05, 0.1) is 29.8 Å². The minimum absolute atomic E-state index is 0.0122. The van der Waals surface area contributed by atoms with Gasteiger partial charge >= 0.3 is 6.18 Å². The van der Waals surface area contributed by atoms with Crippen LogP contribution in [0.1, 0.15) is 17.2 Å². The summed E-state index contributed by atoms with van der Waals surface area (Å²) in [6, 6.07) is 5.69. The molecule has 196 valence electrons. The normalized spacial score (nSPS) is 16.3. The fraction of sp³-hybridized carbons (Fsp3) is 0.364. The lowest BCUT2D eigenvalue weighted by Crippen LogP contribution is -2.46. The van der Waals surface area contributed by atoms with Crippen LogP contribution in [0.25, 0.3) is 10.9 Å². The Morgan fingerprint density at radius 3 is 2.36 bits per heavy atom.